The third kappa shape index (κ3) is 5.41. The van der Waals surface area contributed by atoms with Crippen LogP contribution in [-0.4, -0.2) is 22.4 Å². The van der Waals surface area contributed by atoms with E-state index in [-0.39, 0.29) is 6.04 Å². The Morgan fingerprint density at radius 2 is 2.07 bits per heavy atom. The highest BCUT2D eigenvalue weighted by molar-refractivity contribution is 5.89. The number of para-hydroxylation sites is 1. The van der Waals surface area contributed by atoms with Crippen molar-refractivity contribution < 1.29 is 9.53 Å². The van der Waals surface area contributed by atoms with Crippen molar-refractivity contribution in [3.05, 3.63) is 72.3 Å². The Bertz CT molecular complexity index is 873. The van der Waals surface area contributed by atoms with Gasteiger partial charge in [0, 0.05) is 11.8 Å². The number of ether oxygens (including phenoxy) is 1. The Balaban J connectivity index is 1.83. The molecule has 27 heavy (non-hydrogen) atoms. The molecule has 140 valence electrons. The van der Waals surface area contributed by atoms with Gasteiger partial charge in [0.2, 0.25) is 5.88 Å². The summed E-state index contributed by atoms with van der Waals surface area (Å²) in [7, 11) is 0. The van der Waals surface area contributed by atoms with E-state index in [1.54, 1.807) is 16.9 Å². The summed E-state index contributed by atoms with van der Waals surface area (Å²) in [6, 6.07) is 10.5. The normalized spacial score (nSPS) is 14.3. The number of carbonyl (C=O) groups excluding carboxylic acids is 1. The molecule has 2 amide bonds. The zero-order chi connectivity index (χ0) is 18.9. The number of aromatic nitrogens is 2. The molecule has 1 aromatic carbocycles. The number of rotatable bonds is 6. The molecule has 0 spiro atoms. The van der Waals surface area contributed by atoms with Crippen molar-refractivity contribution in [2.45, 2.75) is 32.2 Å². The van der Waals surface area contributed by atoms with Gasteiger partial charge in [-0.05, 0) is 25.0 Å². The third-order valence-corrected chi connectivity index (χ3v) is 4.04. The molecule has 0 radical (unpaired) electrons. The van der Waals surface area contributed by atoms with Crippen LogP contribution in [0.3, 0.4) is 0 Å². The number of urea groups is 1. The standard InChI is InChI=1S/C21H24N4O2/c1-2-3-14-27-20-15-18(16-22-25(20)19-12-8-5-9-13-19)24-21(26)23-17-10-6-4-7-11-17/h4,6-13,15-16,19H,2-3,5,14H2,1H3,(H,23,26). The van der Waals surface area contributed by atoms with E-state index < -0.39 is 6.03 Å². The number of unbranched alkanes of at least 4 members (excludes halogenated alkanes) is 1. The second kappa shape index (κ2) is 9.52. The summed E-state index contributed by atoms with van der Waals surface area (Å²) in [6.07, 6.45) is 12.9. The molecule has 1 N–H and O–H groups in total. The van der Waals surface area contributed by atoms with Gasteiger partial charge in [0.25, 0.3) is 0 Å². The average Bonchev–Trinajstić information content (AvgIpc) is 2.70. The van der Waals surface area contributed by atoms with Gasteiger partial charge >= 0.3 is 6.03 Å². The second-order valence-corrected chi connectivity index (χ2v) is 6.19. The van der Waals surface area contributed by atoms with Crippen LogP contribution in [0.5, 0.6) is 5.88 Å². The zero-order valence-corrected chi connectivity index (χ0v) is 15.4. The highest BCUT2D eigenvalue weighted by Gasteiger charge is 2.12. The SMILES string of the molecule is CCCCOc1cc(=NC(=O)Nc2ccccc2)cnn1C1C=CCC=C1. The van der Waals surface area contributed by atoms with Crippen LogP contribution in [0.2, 0.25) is 0 Å². The number of anilines is 1. The first-order chi connectivity index (χ1) is 13.3. The maximum Gasteiger partial charge on any atom is 0.345 e. The van der Waals surface area contributed by atoms with Gasteiger partial charge in [0.15, 0.2) is 0 Å². The summed E-state index contributed by atoms with van der Waals surface area (Å²) >= 11 is 0. The lowest BCUT2D eigenvalue weighted by molar-refractivity contribution is 0.258. The van der Waals surface area contributed by atoms with E-state index in [1.165, 1.54) is 0 Å². The van der Waals surface area contributed by atoms with Gasteiger partial charge in [-0.3, -0.25) is 0 Å². The number of nitrogens with zero attached hydrogens (tertiary/aromatic N) is 3. The van der Waals surface area contributed by atoms with E-state index in [0.29, 0.717) is 23.5 Å². The van der Waals surface area contributed by atoms with Gasteiger partial charge in [-0.2, -0.15) is 10.1 Å². The molecule has 0 bridgehead atoms. The highest BCUT2D eigenvalue weighted by Crippen LogP contribution is 2.20. The number of hydrogen-bond donors (Lipinski definition) is 1. The Hall–Kier alpha value is -3.15. The molecular weight excluding hydrogens is 340 g/mol. The molecule has 0 atom stereocenters. The molecule has 1 heterocycles. The van der Waals surface area contributed by atoms with E-state index in [1.807, 2.05) is 30.3 Å². The largest absolute Gasteiger partial charge is 0.478 e. The monoisotopic (exact) mass is 364 g/mol. The molecular formula is C21H24N4O2. The summed E-state index contributed by atoms with van der Waals surface area (Å²) in [5, 5.41) is 7.65. The van der Waals surface area contributed by atoms with Gasteiger partial charge in [-0.15, -0.1) is 0 Å². The molecule has 0 saturated heterocycles. The Morgan fingerprint density at radius 3 is 2.81 bits per heavy atom. The molecule has 6 heteroatoms. The molecule has 0 fully saturated rings. The van der Waals surface area contributed by atoms with Crippen LogP contribution in [0.4, 0.5) is 10.5 Å². The number of benzene rings is 1. The predicted octanol–water partition coefficient (Wildman–Crippen LogP) is 4.25. The molecule has 1 aliphatic rings. The molecule has 1 aromatic heterocycles. The van der Waals surface area contributed by atoms with E-state index in [4.69, 9.17) is 4.74 Å². The fourth-order valence-electron chi connectivity index (χ4n) is 2.65. The molecule has 6 nitrogen and oxygen atoms in total. The van der Waals surface area contributed by atoms with Crippen LogP contribution in [-0.2, 0) is 0 Å². The van der Waals surface area contributed by atoms with Gasteiger partial charge < -0.3 is 10.1 Å². The van der Waals surface area contributed by atoms with Crippen LogP contribution in [0.25, 0.3) is 0 Å². The van der Waals surface area contributed by atoms with Crippen LogP contribution in [0.1, 0.15) is 32.2 Å². The average molecular weight is 364 g/mol. The van der Waals surface area contributed by atoms with Crippen molar-refractivity contribution in [3.63, 3.8) is 0 Å². The third-order valence-electron chi connectivity index (χ3n) is 4.04. The van der Waals surface area contributed by atoms with E-state index in [2.05, 4.69) is 46.6 Å². The topological polar surface area (TPSA) is 68.5 Å². The number of hydrogen-bond acceptors (Lipinski definition) is 3. The Morgan fingerprint density at radius 1 is 1.30 bits per heavy atom. The lowest BCUT2D eigenvalue weighted by Crippen LogP contribution is -2.20. The Kier molecular flexibility index (Phi) is 6.57. The minimum atomic E-state index is -0.447. The van der Waals surface area contributed by atoms with Crippen LogP contribution >= 0.6 is 0 Å². The van der Waals surface area contributed by atoms with Crippen molar-refractivity contribution in [1.29, 1.82) is 0 Å². The molecule has 2 aromatic rings. The predicted molar refractivity (Wildman–Crippen MR) is 106 cm³/mol. The Labute approximate surface area is 158 Å². The van der Waals surface area contributed by atoms with Crippen LogP contribution in [0, 0.1) is 0 Å². The van der Waals surface area contributed by atoms with Gasteiger partial charge in [-0.1, -0.05) is 55.8 Å². The first kappa shape index (κ1) is 18.6. The van der Waals surface area contributed by atoms with Gasteiger partial charge in [-0.25, -0.2) is 9.48 Å². The van der Waals surface area contributed by atoms with Crippen molar-refractivity contribution in [2.24, 2.45) is 4.99 Å². The van der Waals surface area contributed by atoms with Crippen molar-refractivity contribution in [1.82, 2.24) is 9.78 Å². The molecule has 1 aliphatic carbocycles. The first-order valence-electron chi connectivity index (χ1n) is 9.22. The summed E-state index contributed by atoms with van der Waals surface area (Å²) in [6.45, 7) is 2.71. The maximum atomic E-state index is 12.2. The molecule has 0 aliphatic heterocycles. The summed E-state index contributed by atoms with van der Waals surface area (Å²) in [5.41, 5.74) is 0.696. The van der Waals surface area contributed by atoms with Crippen molar-refractivity contribution in [3.8, 4) is 5.88 Å². The van der Waals surface area contributed by atoms with Crippen molar-refractivity contribution in [2.75, 3.05) is 11.9 Å². The smallest absolute Gasteiger partial charge is 0.345 e. The number of amides is 2. The summed E-state index contributed by atoms with van der Waals surface area (Å²) in [4.78, 5) is 16.3. The fourth-order valence-corrected chi connectivity index (χ4v) is 2.65. The van der Waals surface area contributed by atoms with Crippen LogP contribution < -0.4 is 15.4 Å². The number of allylic oxidation sites excluding steroid dienone is 4. The van der Waals surface area contributed by atoms with E-state index in [9.17, 15) is 4.79 Å². The van der Waals surface area contributed by atoms with Crippen molar-refractivity contribution >= 4 is 11.7 Å². The zero-order valence-electron chi connectivity index (χ0n) is 15.4. The van der Waals surface area contributed by atoms with E-state index in [0.717, 1.165) is 19.3 Å². The maximum absolute atomic E-state index is 12.2. The van der Waals surface area contributed by atoms with E-state index >= 15 is 0 Å². The molecule has 0 unspecified atom stereocenters. The lowest BCUT2D eigenvalue weighted by Gasteiger charge is -2.18. The van der Waals surface area contributed by atoms with Gasteiger partial charge in [0.05, 0.1) is 24.2 Å². The lowest BCUT2D eigenvalue weighted by atomic mass is 10.1. The van der Waals surface area contributed by atoms with Gasteiger partial charge in [0.1, 0.15) is 0 Å². The highest BCUT2D eigenvalue weighted by atomic mass is 16.5. The molecule has 0 saturated carbocycles. The van der Waals surface area contributed by atoms with Crippen LogP contribution in [0.15, 0.2) is 71.9 Å². The second-order valence-electron chi connectivity index (χ2n) is 6.19. The number of carbonyl (C=O) groups is 1. The summed E-state index contributed by atoms with van der Waals surface area (Å²) < 4.78 is 7.71. The number of nitrogens with one attached hydrogen (secondary N) is 1. The quantitative estimate of drug-likeness (QED) is 0.615. The first-order valence-corrected chi connectivity index (χ1v) is 9.22. The minimum absolute atomic E-state index is 0.00238. The summed E-state index contributed by atoms with van der Waals surface area (Å²) in [5.74, 6) is 0.596. The minimum Gasteiger partial charge on any atom is -0.478 e. The molecule has 3 rings (SSSR count). The fraction of sp³-hybridized carbons (Fsp3) is 0.286.